The van der Waals surface area contributed by atoms with E-state index in [0.29, 0.717) is 28.4 Å². The van der Waals surface area contributed by atoms with Gasteiger partial charge in [-0.05, 0) is 52.3 Å². The molecule has 1 N–H and O–H groups in total. The molecule has 152 valence electrons. The number of methoxy groups -OCH3 is 1. The predicted octanol–water partition coefficient (Wildman–Crippen LogP) is 5.67. The fourth-order valence-electron chi connectivity index (χ4n) is 2.08. The SMILES string of the molecule is COc1ccc(Br)c(C(=O)Nc2cc(C(F)(F)F)ccc2OCC(F)(F)F)c1. The third kappa shape index (κ3) is 5.78. The van der Waals surface area contributed by atoms with Crippen LogP contribution in [0, 0.1) is 0 Å². The molecule has 2 aromatic carbocycles. The number of carbonyl (C=O) groups excluding carboxylic acids is 1. The van der Waals surface area contributed by atoms with E-state index in [2.05, 4.69) is 26.0 Å². The third-order valence-corrected chi connectivity index (χ3v) is 4.06. The summed E-state index contributed by atoms with van der Waals surface area (Å²) in [6, 6.07) is 6.08. The highest BCUT2D eigenvalue weighted by Crippen LogP contribution is 2.36. The van der Waals surface area contributed by atoms with E-state index in [1.807, 2.05) is 0 Å². The number of anilines is 1. The summed E-state index contributed by atoms with van der Waals surface area (Å²) in [4.78, 5) is 12.5. The number of hydrogen-bond acceptors (Lipinski definition) is 3. The minimum absolute atomic E-state index is 0.00136. The summed E-state index contributed by atoms with van der Waals surface area (Å²) in [5.41, 5.74) is -1.72. The van der Waals surface area contributed by atoms with Crippen LogP contribution in [0.2, 0.25) is 0 Å². The number of halogens is 7. The van der Waals surface area contributed by atoms with Gasteiger partial charge >= 0.3 is 12.4 Å². The van der Waals surface area contributed by atoms with Gasteiger partial charge in [0, 0.05) is 4.47 Å². The zero-order valence-corrected chi connectivity index (χ0v) is 15.6. The summed E-state index contributed by atoms with van der Waals surface area (Å²) in [6.45, 7) is -1.73. The second kappa shape index (κ2) is 8.29. The van der Waals surface area contributed by atoms with E-state index in [4.69, 9.17) is 4.74 Å². The molecule has 0 aromatic heterocycles. The van der Waals surface area contributed by atoms with Crippen LogP contribution in [0.3, 0.4) is 0 Å². The summed E-state index contributed by atoms with van der Waals surface area (Å²) < 4.78 is 85.8. The van der Waals surface area contributed by atoms with Gasteiger partial charge in [0.05, 0.1) is 23.9 Å². The largest absolute Gasteiger partial charge is 0.497 e. The van der Waals surface area contributed by atoms with Crippen molar-refractivity contribution in [2.75, 3.05) is 19.0 Å². The number of alkyl halides is 6. The Morgan fingerprint density at radius 1 is 1.07 bits per heavy atom. The van der Waals surface area contributed by atoms with E-state index < -0.39 is 41.9 Å². The van der Waals surface area contributed by atoms with Gasteiger partial charge in [0.25, 0.3) is 5.91 Å². The zero-order valence-electron chi connectivity index (χ0n) is 14.0. The second-order valence-electron chi connectivity index (χ2n) is 5.41. The summed E-state index contributed by atoms with van der Waals surface area (Å²) in [5.74, 6) is -1.13. The lowest BCUT2D eigenvalue weighted by Crippen LogP contribution is -2.21. The van der Waals surface area contributed by atoms with Gasteiger partial charge in [-0.2, -0.15) is 26.3 Å². The van der Waals surface area contributed by atoms with Crippen molar-refractivity contribution in [3.63, 3.8) is 0 Å². The fraction of sp³-hybridized carbons (Fsp3) is 0.235. The topological polar surface area (TPSA) is 47.6 Å². The summed E-state index contributed by atoms with van der Waals surface area (Å²) in [6.07, 6.45) is -9.47. The first-order valence-electron chi connectivity index (χ1n) is 7.46. The molecule has 11 heteroatoms. The van der Waals surface area contributed by atoms with Crippen molar-refractivity contribution in [2.45, 2.75) is 12.4 Å². The number of amides is 1. The third-order valence-electron chi connectivity index (χ3n) is 3.36. The van der Waals surface area contributed by atoms with Gasteiger partial charge < -0.3 is 14.8 Å². The molecule has 0 atom stereocenters. The summed E-state index contributed by atoms with van der Waals surface area (Å²) in [7, 11) is 1.35. The molecular formula is C17H12BrF6NO3. The van der Waals surface area contributed by atoms with Crippen LogP contribution >= 0.6 is 15.9 Å². The number of ether oxygens (including phenoxy) is 2. The Hall–Kier alpha value is -2.43. The normalized spacial score (nSPS) is 11.9. The lowest BCUT2D eigenvalue weighted by Gasteiger charge is -2.16. The van der Waals surface area contributed by atoms with Crippen molar-refractivity contribution in [3.8, 4) is 11.5 Å². The van der Waals surface area contributed by atoms with Crippen LogP contribution in [0.5, 0.6) is 11.5 Å². The van der Waals surface area contributed by atoms with E-state index in [-0.39, 0.29) is 5.56 Å². The molecule has 0 aliphatic rings. The molecule has 4 nitrogen and oxygen atoms in total. The number of hydrogen-bond donors (Lipinski definition) is 1. The van der Waals surface area contributed by atoms with Gasteiger partial charge in [0.2, 0.25) is 0 Å². The second-order valence-corrected chi connectivity index (χ2v) is 6.27. The predicted molar refractivity (Wildman–Crippen MR) is 91.6 cm³/mol. The van der Waals surface area contributed by atoms with E-state index >= 15 is 0 Å². The molecule has 0 radical (unpaired) electrons. The zero-order chi connectivity index (χ0) is 21.1. The molecule has 1 amide bonds. The Morgan fingerprint density at radius 3 is 2.32 bits per heavy atom. The molecular weight excluding hydrogens is 460 g/mol. The highest BCUT2D eigenvalue weighted by Gasteiger charge is 2.33. The van der Waals surface area contributed by atoms with E-state index in [0.717, 1.165) is 0 Å². The molecule has 28 heavy (non-hydrogen) atoms. The molecule has 0 spiro atoms. The maximum absolute atomic E-state index is 12.9. The Balaban J connectivity index is 2.39. The van der Waals surface area contributed by atoms with Gasteiger partial charge in [-0.15, -0.1) is 0 Å². The highest BCUT2D eigenvalue weighted by molar-refractivity contribution is 9.10. The van der Waals surface area contributed by atoms with Crippen LogP contribution in [-0.2, 0) is 6.18 Å². The average molecular weight is 472 g/mol. The smallest absolute Gasteiger partial charge is 0.422 e. The Kier molecular flexibility index (Phi) is 6.48. The van der Waals surface area contributed by atoms with Crippen molar-refractivity contribution in [1.29, 1.82) is 0 Å². The first kappa shape index (κ1) is 21.9. The van der Waals surface area contributed by atoms with Gasteiger partial charge in [-0.1, -0.05) is 0 Å². The lowest BCUT2D eigenvalue weighted by molar-refractivity contribution is -0.153. The van der Waals surface area contributed by atoms with Crippen LogP contribution in [0.15, 0.2) is 40.9 Å². The number of nitrogens with one attached hydrogen (secondary N) is 1. The van der Waals surface area contributed by atoms with Crippen LogP contribution in [-0.4, -0.2) is 25.8 Å². The van der Waals surface area contributed by atoms with E-state index in [9.17, 15) is 31.1 Å². The van der Waals surface area contributed by atoms with Gasteiger partial charge in [0.1, 0.15) is 11.5 Å². The summed E-state index contributed by atoms with van der Waals surface area (Å²) >= 11 is 3.12. The highest BCUT2D eigenvalue weighted by atomic mass is 79.9. The van der Waals surface area contributed by atoms with Crippen LogP contribution in [0.4, 0.5) is 32.0 Å². The first-order valence-corrected chi connectivity index (χ1v) is 8.25. The van der Waals surface area contributed by atoms with Crippen molar-refractivity contribution in [1.82, 2.24) is 0 Å². The van der Waals surface area contributed by atoms with Crippen molar-refractivity contribution in [2.24, 2.45) is 0 Å². The van der Waals surface area contributed by atoms with Crippen molar-refractivity contribution in [3.05, 3.63) is 52.0 Å². The molecule has 0 aliphatic carbocycles. The number of carbonyl (C=O) groups is 1. The standard InChI is InChI=1S/C17H12BrF6NO3/c1-27-10-3-4-12(18)11(7-10)15(26)25-13-6-9(17(22,23)24)2-5-14(13)28-8-16(19,20)21/h2-7H,8H2,1H3,(H,25,26). The number of benzene rings is 2. The first-order chi connectivity index (χ1) is 12.9. The van der Waals surface area contributed by atoms with Crippen LogP contribution in [0.25, 0.3) is 0 Å². The van der Waals surface area contributed by atoms with Gasteiger partial charge in [-0.3, -0.25) is 4.79 Å². The molecule has 0 heterocycles. The van der Waals surface area contributed by atoms with E-state index in [1.165, 1.54) is 25.3 Å². The summed E-state index contributed by atoms with van der Waals surface area (Å²) in [5, 5.41) is 2.15. The maximum atomic E-state index is 12.9. The molecule has 0 saturated heterocycles. The van der Waals surface area contributed by atoms with Gasteiger partial charge in [-0.25, -0.2) is 0 Å². The maximum Gasteiger partial charge on any atom is 0.422 e. The van der Waals surface area contributed by atoms with Crippen LogP contribution in [0.1, 0.15) is 15.9 Å². The molecule has 0 aliphatic heterocycles. The van der Waals surface area contributed by atoms with Gasteiger partial charge in [0.15, 0.2) is 6.61 Å². The average Bonchev–Trinajstić information content (AvgIpc) is 2.59. The van der Waals surface area contributed by atoms with Crippen LogP contribution < -0.4 is 14.8 Å². The molecule has 2 rings (SSSR count). The molecule has 2 aromatic rings. The molecule has 0 unspecified atom stereocenters. The molecule has 0 bridgehead atoms. The minimum Gasteiger partial charge on any atom is -0.497 e. The van der Waals surface area contributed by atoms with E-state index in [1.54, 1.807) is 0 Å². The Morgan fingerprint density at radius 2 is 1.75 bits per heavy atom. The monoisotopic (exact) mass is 471 g/mol. The van der Waals surface area contributed by atoms with Crippen molar-refractivity contribution >= 4 is 27.5 Å². The molecule has 0 fully saturated rings. The lowest BCUT2D eigenvalue weighted by atomic mass is 10.1. The fourth-order valence-corrected chi connectivity index (χ4v) is 2.51. The van der Waals surface area contributed by atoms with Crippen molar-refractivity contribution < 1.29 is 40.6 Å². The Bertz CT molecular complexity index is 867. The number of rotatable bonds is 5. The Labute approximate surface area is 163 Å². The minimum atomic E-state index is -4.77. The molecule has 0 saturated carbocycles. The quantitative estimate of drug-likeness (QED) is 0.571.